The summed E-state index contributed by atoms with van der Waals surface area (Å²) in [6, 6.07) is 8.71. The summed E-state index contributed by atoms with van der Waals surface area (Å²) in [5.41, 5.74) is 2.69. The van der Waals surface area contributed by atoms with Crippen molar-refractivity contribution in [3.05, 3.63) is 48.0 Å². The van der Waals surface area contributed by atoms with Gasteiger partial charge >= 0.3 is 0 Å². The van der Waals surface area contributed by atoms with Crippen LogP contribution in [0.3, 0.4) is 0 Å². The second-order valence-electron chi connectivity index (χ2n) is 3.92. The molecule has 1 atom stereocenters. The summed E-state index contributed by atoms with van der Waals surface area (Å²) in [6.45, 7) is 10.5. The summed E-state index contributed by atoms with van der Waals surface area (Å²) in [4.78, 5) is 0. The van der Waals surface area contributed by atoms with Gasteiger partial charge in [0.15, 0.2) is 0 Å². The highest BCUT2D eigenvalue weighted by atomic mass is 14.1. The van der Waals surface area contributed by atoms with Crippen molar-refractivity contribution in [2.45, 2.75) is 26.7 Å². The molecule has 1 rings (SSSR count). The third-order valence-corrected chi connectivity index (χ3v) is 2.43. The highest BCUT2D eigenvalue weighted by Crippen LogP contribution is 2.25. The maximum absolute atomic E-state index is 3.88. The Bertz CT molecular complexity index is 267. The number of allylic oxidation sites excluding steroid dienone is 1. The summed E-state index contributed by atoms with van der Waals surface area (Å²) in [6.07, 6.45) is 2.04. The van der Waals surface area contributed by atoms with Crippen LogP contribution >= 0.6 is 0 Å². The maximum atomic E-state index is 3.88. The van der Waals surface area contributed by atoms with Crippen molar-refractivity contribution in [3.63, 3.8) is 0 Å². The van der Waals surface area contributed by atoms with Crippen LogP contribution in [0.1, 0.15) is 30.9 Å². The predicted molar refractivity (Wildman–Crippen MR) is 59.0 cm³/mol. The fourth-order valence-corrected chi connectivity index (χ4v) is 1.58. The van der Waals surface area contributed by atoms with Crippen molar-refractivity contribution >= 4 is 0 Å². The quantitative estimate of drug-likeness (QED) is 0.609. The highest BCUT2D eigenvalue weighted by Gasteiger charge is 2.10. The molecule has 0 heterocycles. The summed E-state index contributed by atoms with van der Waals surface area (Å²) in [5.74, 6) is 1.11. The highest BCUT2D eigenvalue weighted by molar-refractivity contribution is 5.27. The van der Waals surface area contributed by atoms with Gasteiger partial charge in [0.25, 0.3) is 0 Å². The number of aryl methyl sites for hydroxylation is 1. The van der Waals surface area contributed by atoms with Crippen molar-refractivity contribution in [3.8, 4) is 0 Å². The molecule has 0 aliphatic rings. The Morgan fingerprint density at radius 3 is 2.08 bits per heavy atom. The van der Waals surface area contributed by atoms with Crippen LogP contribution in [0.4, 0.5) is 0 Å². The molecule has 0 aromatic heterocycles. The van der Waals surface area contributed by atoms with E-state index in [9.17, 15) is 0 Å². The lowest BCUT2D eigenvalue weighted by molar-refractivity contribution is 0.579. The van der Waals surface area contributed by atoms with Crippen LogP contribution in [-0.2, 0) is 0 Å². The van der Waals surface area contributed by atoms with Crippen LogP contribution < -0.4 is 0 Å². The largest absolute Gasteiger partial charge is 0.102 e. The van der Waals surface area contributed by atoms with E-state index in [-0.39, 0.29) is 0 Å². The Morgan fingerprint density at radius 1 is 1.15 bits per heavy atom. The molecule has 0 unspecified atom stereocenters. The zero-order valence-corrected chi connectivity index (χ0v) is 8.75. The van der Waals surface area contributed by atoms with E-state index in [1.165, 1.54) is 11.1 Å². The van der Waals surface area contributed by atoms with Crippen molar-refractivity contribution in [1.82, 2.24) is 0 Å². The first-order valence-corrected chi connectivity index (χ1v) is 4.84. The molecule has 0 spiro atoms. The molecule has 0 radical (unpaired) electrons. The molecule has 0 N–H and O–H groups in total. The van der Waals surface area contributed by atoms with Gasteiger partial charge in [0.1, 0.15) is 0 Å². The van der Waals surface area contributed by atoms with Gasteiger partial charge in [0.05, 0.1) is 0 Å². The third kappa shape index (κ3) is 2.45. The van der Waals surface area contributed by atoms with Crippen LogP contribution in [0.25, 0.3) is 0 Å². The maximum Gasteiger partial charge on any atom is 0.00383 e. The molecular formula is C13H18. The van der Waals surface area contributed by atoms with E-state index in [1.54, 1.807) is 0 Å². The van der Waals surface area contributed by atoms with E-state index >= 15 is 0 Å². The van der Waals surface area contributed by atoms with Crippen molar-refractivity contribution < 1.29 is 0 Å². The molecule has 0 saturated heterocycles. The normalized spacial score (nSPS) is 12.9. The van der Waals surface area contributed by atoms with Crippen molar-refractivity contribution in [2.75, 3.05) is 0 Å². The summed E-state index contributed by atoms with van der Waals surface area (Å²) >= 11 is 0. The van der Waals surface area contributed by atoms with Crippen molar-refractivity contribution in [1.29, 1.82) is 0 Å². The van der Waals surface area contributed by atoms with Crippen LogP contribution in [-0.4, -0.2) is 0 Å². The molecule has 1 aromatic rings. The van der Waals surface area contributed by atoms with Gasteiger partial charge in [-0.15, -0.1) is 6.58 Å². The topological polar surface area (TPSA) is 0 Å². The molecular weight excluding hydrogens is 156 g/mol. The fraction of sp³-hybridized carbons (Fsp3) is 0.385. The average Bonchev–Trinajstić information content (AvgIpc) is 2.09. The molecule has 0 heteroatoms. The first-order valence-electron chi connectivity index (χ1n) is 4.84. The third-order valence-electron chi connectivity index (χ3n) is 2.43. The first kappa shape index (κ1) is 10.0. The van der Waals surface area contributed by atoms with E-state index in [1.807, 2.05) is 6.08 Å². The molecule has 0 nitrogen and oxygen atoms in total. The Hall–Kier alpha value is -1.04. The van der Waals surface area contributed by atoms with Crippen LogP contribution in [0.2, 0.25) is 0 Å². The standard InChI is InChI=1S/C13H18/c1-5-13(10(2)3)12-8-6-11(4)7-9-12/h5-10,13H,1H2,2-4H3/t13-/m0/s1. The summed E-state index contributed by atoms with van der Waals surface area (Å²) in [7, 11) is 0. The minimum atomic E-state index is 0.487. The summed E-state index contributed by atoms with van der Waals surface area (Å²) in [5, 5.41) is 0. The molecule has 70 valence electrons. The van der Waals surface area contributed by atoms with Gasteiger partial charge in [-0.1, -0.05) is 49.8 Å². The second-order valence-corrected chi connectivity index (χ2v) is 3.92. The van der Waals surface area contributed by atoms with Crippen LogP contribution in [0, 0.1) is 12.8 Å². The zero-order valence-electron chi connectivity index (χ0n) is 8.75. The lowest BCUT2D eigenvalue weighted by Crippen LogP contribution is -2.02. The first-order chi connectivity index (χ1) is 6.15. The number of hydrogen-bond donors (Lipinski definition) is 0. The molecule has 0 amide bonds. The van der Waals surface area contributed by atoms with Crippen LogP contribution in [0.5, 0.6) is 0 Å². The van der Waals surface area contributed by atoms with E-state index in [0.717, 1.165) is 0 Å². The Kier molecular flexibility index (Phi) is 3.30. The monoisotopic (exact) mass is 174 g/mol. The molecule has 13 heavy (non-hydrogen) atoms. The molecule has 0 bridgehead atoms. The van der Waals surface area contributed by atoms with Gasteiger partial charge in [0, 0.05) is 5.92 Å². The Morgan fingerprint density at radius 2 is 1.69 bits per heavy atom. The van der Waals surface area contributed by atoms with E-state index in [0.29, 0.717) is 11.8 Å². The van der Waals surface area contributed by atoms with Crippen molar-refractivity contribution in [2.24, 2.45) is 5.92 Å². The number of benzene rings is 1. The average molecular weight is 174 g/mol. The zero-order chi connectivity index (χ0) is 9.84. The minimum absolute atomic E-state index is 0.487. The molecule has 0 aliphatic carbocycles. The summed E-state index contributed by atoms with van der Waals surface area (Å²) < 4.78 is 0. The smallest absolute Gasteiger partial charge is 0.00383 e. The fourth-order valence-electron chi connectivity index (χ4n) is 1.58. The number of hydrogen-bond acceptors (Lipinski definition) is 0. The second kappa shape index (κ2) is 4.27. The van der Waals surface area contributed by atoms with Gasteiger partial charge in [-0.25, -0.2) is 0 Å². The van der Waals surface area contributed by atoms with Gasteiger partial charge in [-0.3, -0.25) is 0 Å². The van der Waals surface area contributed by atoms with Gasteiger partial charge in [-0.2, -0.15) is 0 Å². The van der Waals surface area contributed by atoms with Gasteiger partial charge in [0.2, 0.25) is 0 Å². The lowest BCUT2D eigenvalue weighted by Gasteiger charge is -2.16. The SMILES string of the molecule is C=C[C@H](c1ccc(C)cc1)C(C)C. The van der Waals surface area contributed by atoms with E-state index in [2.05, 4.69) is 51.6 Å². The lowest BCUT2D eigenvalue weighted by atomic mass is 9.88. The molecule has 0 saturated carbocycles. The minimum Gasteiger partial charge on any atom is -0.102 e. The van der Waals surface area contributed by atoms with Crippen LogP contribution in [0.15, 0.2) is 36.9 Å². The Balaban J connectivity index is 2.92. The van der Waals surface area contributed by atoms with E-state index < -0.39 is 0 Å². The van der Waals surface area contributed by atoms with Gasteiger partial charge in [-0.05, 0) is 18.4 Å². The Labute approximate surface area is 81.3 Å². The molecule has 1 aromatic carbocycles. The predicted octanol–water partition coefficient (Wildman–Crippen LogP) is 3.92. The molecule has 0 fully saturated rings. The molecule has 0 aliphatic heterocycles. The van der Waals surface area contributed by atoms with E-state index in [4.69, 9.17) is 0 Å². The number of rotatable bonds is 3. The van der Waals surface area contributed by atoms with Gasteiger partial charge < -0.3 is 0 Å².